The molecule has 1 aromatic rings. The van der Waals surface area contributed by atoms with Crippen LogP contribution >= 0.6 is 0 Å². The van der Waals surface area contributed by atoms with Gasteiger partial charge >= 0.3 is 0 Å². The fourth-order valence-corrected chi connectivity index (χ4v) is 1.21. The quantitative estimate of drug-likeness (QED) is 0.730. The number of carbonyl (C=O) groups is 1. The summed E-state index contributed by atoms with van der Waals surface area (Å²) in [4.78, 5) is 17.4. The Morgan fingerprint density at radius 2 is 2.07 bits per heavy atom. The summed E-state index contributed by atoms with van der Waals surface area (Å²) in [6.07, 6.45) is 5.43. The number of hydrogen-bond donors (Lipinski definition) is 0. The fourth-order valence-electron chi connectivity index (χ4n) is 1.21. The second kappa shape index (κ2) is 5.37. The Hall–Kier alpha value is -1.38. The van der Waals surface area contributed by atoms with Crippen molar-refractivity contribution in [1.82, 2.24) is 9.88 Å². The van der Waals surface area contributed by atoms with Gasteiger partial charge in [0.05, 0.1) is 0 Å². The van der Waals surface area contributed by atoms with Gasteiger partial charge in [0.25, 0.3) is 5.91 Å². The second-order valence-corrected chi connectivity index (χ2v) is 3.32. The number of unbranched alkanes of at least 4 members (excludes halogenated alkanes) is 1. The van der Waals surface area contributed by atoms with Crippen LogP contribution in [0.2, 0.25) is 0 Å². The monoisotopic (exact) mass is 192 g/mol. The molecule has 0 N–H and O–H groups in total. The third-order valence-electron chi connectivity index (χ3n) is 2.12. The zero-order chi connectivity index (χ0) is 10.4. The van der Waals surface area contributed by atoms with Gasteiger partial charge < -0.3 is 4.90 Å². The third-order valence-corrected chi connectivity index (χ3v) is 2.12. The first-order chi connectivity index (χ1) is 6.75. The standard InChI is InChI=1S/C11H16N2O/c1-3-4-9-13(2)11(14)10-5-7-12-8-6-10/h5-8H,3-4,9H2,1-2H3. The summed E-state index contributed by atoms with van der Waals surface area (Å²) < 4.78 is 0. The molecule has 14 heavy (non-hydrogen) atoms. The topological polar surface area (TPSA) is 33.2 Å². The van der Waals surface area contributed by atoms with Gasteiger partial charge in [-0.05, 0) is 18.6 Å². The van der Waals surface area contributed by atoms with Crippen LogP contribution in [0, 0.1) is 0 Å². The van der Waals surface area contributed by atoms with Crippen molar-refractivity contribution in [3.05, 3.63) is 30.1 Å². The fraction of sp³-hybridized carbons (Fsp3) is 0.455. The van der Waals surface area contributed by atoms with Crippen molar-refractivity contribution in [2.45, 2.75) is 19.8 Å². The van der Waals surface area contributed by atoms with E-state index in [4.69, 9.17) is 0 Å². The highest BCUT2D eigenvalue weighted by Crippen LogP contribution is 2.02. The molecule has 0 aliphatic heterocycles. The summed E-state index contributed by atoms with van der Waals surface area (Å²) in [6, 6.07) is 3.48. The lowest BCUT2D eigenvalue weighted by Crippen LogP contribution is -2.27. The van der Waals surface area contributed by atoms with Crippen molar-refractivity contribution in [3.63, 3.8) is 0 Å². The molecule has 76 valence electrons. The molecule has 0 fully saturated rings. The molecule has 0 spiro atoms. The summed E-state index contributed by atoms with van der Waals surface area (Å²) in [5.41, 5.74) is 0.707. The third kappa shape index (κ3) is 2.83. The zero-order valence-electron chi connectivity index (χ0n) is 8.73. The van der Waals surface area contributed by atoms with E-state index in [1.165, 1.54) is 0 Å². The van der Waals surface area contributed by atoms with Crippen LogP contribution in [0.5, 0.6) is 0 Å². The van der Waals surface area contributed by atoms with E-state index in [-0.39, 0.29) is 5.91 Å². The van der Waals surface area contributed by atoms with Crippen LogP contribution < -0.4 is 0 Å². The van der Waals surface area contributed by atoms with Gasteiger partial charge in [-0.15, -0.1) is 0 Å². The van der Waals surface area contributed by atoms with E-state index in [9.17, 15) is 4.79 Å². The Labute approximate surface area is 84.8 Å². The predicted octanol–water partition coefficient (Wildman–Crippen LogP) is 1.95. The van der Waals surface area contributed by atoms with E-state index in [0.717, 1.165) is 19.4 Å². The van der Waals surface area contributed by atoms with Crippen molar-refractivity contribution < 1.29 is 4.79 Å². The lowest BCUT2D eigenvalue weighted by molar-refractivity contribution is 0.0793. The molecule has 0 aromatic carbocycles. The van der Waals surface area contributed by atoms with Gasteiger partial charge in [-0.25, -0.2) is 0 Å². The molecule has 3 heteroatoms. The molecule has 0 bridgehead atoms. The predicted molar refractivity (Wildman–Crippen MR) is 56.1 cm³/mol. The molecule has 1 rings (SSSR count). The lowest BCUT2D eigenvalue weighted by Gasteiger charge is -2.16. The first-order valence-corrected chi connectivity index (χ1v) is 4.91. The van der Waals surface area contributed by atoms with Gasteiger partial charge in [0.15, 0.2) is 0 Å². The van der Waals surface area contributed by atoms with Gasteiger partial charge in [-0.3, -0.25) is 9.78 Å². The molecule has 1 amide bonds. The molecular weight excluding hydrogens is 176 g/mol. The number of aromatic nitrogens is 1. The van der Waals surface area contributed by atoms with Gasteiger partial charge in [-0.2, -0.15) is 0 Å². The van der Waals surface area contributed by atoms with Gasteiger partial charge in [0, 0.05) is 31.5 Å². The number of nitrogens with zero attached hydrogens (tertiary/aromatic N) is 2. The van der Waals surface area contributed by atoms with E-state index in [2.05, 4.69) is 11.9 Å². The maximum absolute atomic E-state index is 11.7. The summed E-state index contributed by atoms with van der Waals surface area (Å²) in [7, 11) is 1.83. The molecule has 3 nitrogen and oxygen atoms in total. The minimum atomic E-state index is 0.0702. The Balaban J connectivity index is 2.57. The highest BCUT2D eigenvalue weighted by atomic mass is 16.2. The maximum Gasteiger partial charge on any atom is 0.253 e. The molecule has 0 unspecified atom stereocenters. The Morgan fingerprint density at radius 1 is 1.43 bits per heavy atom. The molecular formula is C11H16N2O. The average Bonchev–Trinajstić information content (AvgIpc) is 2.26. The van der Waals surface area contributed by atoms with E-state index in [1.54, 1.807) is 29.4 Å². The van der Waals surface area contributed by atoms with E-state index < -0.39 is 0 Å². The molecule has 1 aromatic heterocycles. The number of amides is 1. The zero-order valence-corrected chi connectivity index (χ0v) is 8.73. The van der Waals surface area contributed by atoms with Crippen LogP contribution in [0.1, 0.15) is 30.1 Å². The number of rotatable bonds is 4. The number of carbonyl (C=O) groups excluding carboxylic acids is 1. The van der Waals surface area contributed by atoms with Crippen molar-refractivity contribution in [3.8, 4) is 0 Å². The smallest absolute Gasteiger partial charge is 0.253 e. The minimum Gasteiger partial charge on any atom is -0.342 e. The van der Waals surface area contributed by atoms with Gasteiger partial charge in [-0.1, -0.05) is 13.3 Å². The molecule has 0 saturated carbocycles. The Bertz CT molecular complexity index is 285. The summed E-state index contributed by atoms with van der Waals surface area (Å²) in [5, 5.41) is 0. The van der Waals surface area contributed by atoms with Crippen LogP contribution in [-0.4, -0.2) is 29.4 Å². The van der Waals surface area contributed by atoms with Crippen molar-refractivity contribution in [2.75, 3.05) is 13.6 Å². The highest BCUT2D eigenvalue weighted by Gasteiger charge is 2.09. The van der Waals surface area contributed by atoms with Crippen molar-refractivity contribution in [2.24, 2.45) is 0 Å². The first kappa shape index (κ1) is 10.7. The van der Waals surface area contributed by atoms with E-state index in [0.29, 0.717) is 5.56 Å². The average molecular weight is 192 g/mol. The molecule has 1 heterocycles. The number of hydrogen-bond acceptors (Lipinski definition) is 2. The number of pyridine rings is 1. The maximum atomic E-state index is 11.7. The molecule has 0 atom stereocenters. The highest BCUT2D eigenvalue weighted by molar-refractivity contribution is 5.93. The molecule has 0 saturated heterocycles. The summed E-state index contributed by atoms with van der Waals surface area (Å²) in [5.74, 6) is 0.0702. The molecule has 0 aliphatic carbocycles. The van der Waals surface area contributed by atoms with Crippen LogP contribution in [-0.2, 0) is 0 Å². The minimum absolute atomic E-state index is 0.0702. The SMILES string of the molecule is CCCCN(C)C(=O)c1ccncc1. The Kier molecular flexibility index (Phi) is 4.11. The van der Waals surface area contributed by atoms with E-state index >= 15 is 0 Å². The van der Waals surface area contributed by atoms with Crippen molar-refractivity contribution in [1.29, 1.82) is 0 Å². The Morgan fingerprint density at radius 3 is 2.64 bits per heavy atom. The van der Waals surface area contributed by atoms with Crippen LogP contribution in [0.4, 0.5) is 0 Å². The largest absolute Gasteiger partial charge is 0.342 e. The van der Waals surface area contributed by atoms with Crippen LogP contribution in [0.3, 0.4) is 0 Å². The second-order valence-electron chi connectivity index (χ2n) is 3.32. The normalized spacial score (nSPS) is 9.86. The molecule has 0 aliphatic rings. The van der Waals surface area contributed by atoms with Crippen LogP contribution in [0.25, 0.3) is 0 Å². The summed E-state index contributed by atoms with van der Waals surface area (Å²) in [6.45, 7) is 2.93. The summed E-state index contributed by atoms with van der Waals surface area (Å²) >= 11 is 0. The van der Waals surface area contributed by atoms with Crippen molar-refractivity contribution >= 4 is 5.91 Å². The van der Waals surface area contributed by atoms with Crippen LogP contribution in [0.15, 0.2) is 24.5 Å². The molecule has 0 radical (unpaired) electrons. The lowest BCUT2D eigenvalue weighted by atomic mass is 10.2. The van der Waals surface area contributed by atoms with E-state index in [1.807, 2.05) is 7.05 Å². The van der Waals surface area contributed by atoms with Gasteiger partial charge in [0.2, 0.25) is 0 Å². The first-order valence-electron chi connectivity index (χ1n) is 4.91. The van der Waals surface area contributed by atoms with Gasteiger partial charge in [0.1, 0.15) is 0 Å².